The summed E-state index contributed by atoms with van der Waals surface area (Å²) in [5.74, 6) is -0.0613. The molecular weight excluding hydrogens is 380 g/mol. The Morgan fingerprint density at radius 3 is 3.00 bits per heavy atom. The van der Waals surface area contributed by atoms with Crippen LogP contribution in [0.4, 0.5) is 0 Å². The molecule has 1 unspecified atom stereocenters. The molecule has 3 rings (SSSR count). The van der Waals surface area contributed by atoms with Gasteiger partial charge in [0.1, 0.15) is 5.75 Å². The minimum Gasteiger partial charge on any atom is -0.482 e. The minimum absolute atomic E-state index is 0.236. The first-order chi connectivity index (χ1) is 14.7. The summed E-state index contributed by atoms with van der Waals surface area (Å²) in [5.41, 5.74) is 7.36. The number of benzene rings is 1. The third-order valence-corrected chi connectivity index (χ3v) is 5.28. The summed E-state index contributed by atoms with van der Waals surface area (Å²) in [6.45, 7) is 2.38. The highest BCUT2D eigenvalue weighted by atomic mass is 16.6. The van der Waals surface area contributed by atoms with Gasteiger partial charge in [-0.2, -0.15) is 0 Å². The summed E-state index contributed by atoms with van der Waals surface area (Å²) in [6.07, 6.45) is 11.9. The van der Waals surface area contributed by atoms with Crippen molar-refractivity contribution in [3.05, 3.63) is 65.5 Å². The molecule has 30 heavy (non-hydrogen) atoms. The van der Waals surface area contributed by atoms with Crippen LogP contribution in [0.15, 0.2) is 48.8 Å². The fourth-order valence-corrected chi connectivity index (χ4v) is 3.77. The number of pyridine rings is 1. The van der Waals surface area contributed by atoms with Crippen LogP contribution in [-0.4, -0.2) is 29.3 Å². The first-order valence-corrected chi connectivity index (χ1v) is 10.6. The molecule has 0 fully saturated rings. The number of nitrogens with one attached hydrogen (secondary N) is 1. The number of carbonyl (C=O) groups is 1. The number of carboxylic acid groups (broad SMARTS) is 1. The van der Waals surface area contributed by atoms with Crippen molar-refractivity contribution < 1.29 is 19.5 Å². The van der Waals surface area contributed by atoms with Crippen LogP contribution in [0.25, 0.3) is 5.70 Å². The quantitative estimate of drug-likeness (QED) is 0.412. The van der Waals surface area contributed by atoms with Crippen LogP contribution in [0.2, 0.25) is 0 Å². The smallest absolute Gasteiger partial charge is 0.341 e. The zero-order valence-corrected chi connectivity index (χ0v) is 17.5. The molecule has 160 valence electrons. The number of carboxylic acids is 1. The summed E-state index contributed by atoms with van der Waals surface area (Å²) in [6, 6.07) is 9.80. The van der Waals surface area contributed by atoms with Crippen molar-refractivity contribution in [2.45, 2.75) is 51.4 Å². The first kappa shape index (κ1) is 21.8. The predicted octanol–water partition coefficient (Wildman–Crippen LogP) is 4.72. The molecule has 0 saturated carbocycles. The molecule has 2 aromatic rings. The van der Waals surface area contributed by atoms with E-state index in [4.69, 9.17) is 14.7 Å². The van der Waals surface area contributed by atoms with Gasteiger partial charge in [-0.1, -0.05) is 31.6 Å². The van der Waals surface area contributed by atoms with Gasteiger partial charge < -0.3 is 9.84 Å². The maximum atomic E-state index is 10.9. The second-order valence-electron chi connectivity index (χ2n) is 7.51. The summed E-state index contributed by atoms with van der Waals surface area (Å²) >= 11 is 0. The van der Waals surface area contributed by atoms with Gasteiger partial charge >= 0.3 is 5.97 Å². The molecule has 0 radical (unpaired) electrons. The molecule has 1 aliphatic rings. The number of unbranched alkanes of at least 4 members (excludes halogenated alkanes) is 2. The highest BCUT2D eigenvalue weighted by Gasteiger charge is 2.23. The number of allylic oxidation sites excluding steroid dienone is 1. The number of hydroxylamine groups is 1. The zero-order valence-electron chi connectivity index (χ0n) is 17.5. The number of aliphatic carboxylic acids is 1. The molecule has 6 nitrogen and oxygen atoms in total. The average Bonchev–Trinajstić information content (AvgIpc) is 2.77. The number of aromatic nitrogens is 1. The summed E-state index contributed by atoms with van der Waals surface area (Å²) < 4.78 is 5.50. The first-order valence-electron chi connectivity index (χ1n) is 10.6. The second kappa shape index (κ2) is 11.4. The van der Waals surface area contributed by atoms with Crippen molar-refractivity contribution in [2.24, 2.45) is 0 Å². The molecule has 2 N–H and O–H groups in total. The molecular formula is C24H30N2O4. The maximum absolute atomic E-state index is 10.9. The Morgan fingerprint density at radius 1 is 1.33 bits per heavy atom. The number of rotatable bonds is 11. The third-order valence-electron chi connectivity index (χ3n) is 5.28. The summed E-state index contributed by atoms with van der Waals surface area (Å²) in [4.78, 5) is 21.0. The van der Waals surface area contributed by atoms with Crippen LogP contribution < -0.4 is 10.2 Å². The predicted molar refractivity (Wildman–Crippen MR) is 116 cm³/mol. The third kappa shape index (κ3) is 6.07. The SMILES string of the molecule is CCCCC=C(NOCC1CCCc2c(OCC(=O)O)cccc21)c1cccnc1. The Morgan fingerprint density at radius 2 is 2.23 bits per heavy atom. The van der Waals surface area contributed by atoms with Crippen molar-refractivity contribution in [2.75, 3.05) is 13.2 Å². The topological polar surface area (TPSA) is 80.7 Å². The van der Waals surface area contributed by atoms with Crippen LogP contribution in [0.3, 0.4) is 0 Å². The van der Waals surface area contributed by atoms with E-state index in [1.165, 1.54) is 5.56 Å². The molecule has 0 spiro atoms. The summed E-state index contributed by atoms with van der Waals surface area (Å²) in [7, 11) is 0. The van der Waals surface area contributed by atoms with Crippen LogP contribution in [0.1, 0.15) is 61.6 Å². The highest BCUT2D eigenvalue weighted by molar-refractivity contribution is 5.68. The van der Waals surface area contributed by atoms with E-state index in [1.54, 1.807) is 6.20 Å². The van der Waals surface area contributed by atoms with Gasteiger partial charge in [0, 0.05) is 23.9 Å². The van der Waals surface area contributed by atoms with E-state index in [9.17, 15) is 4.79 Å². The van der Waals surface area contributed by atoms with Crippen molar-refractivity contribution >= 4 is 11.7 Å². The van der Waals surface area contributed by atoms with Crippen molar-refractivity contribution in [3.8, 4) is 5.75 Å². The fraction of sp³-hybridized carbons (Fsp3) is 0.417. The number of ether oxygens (including phenoxy) is 1. The second-order valence-corrected chi connectivity index (χ2v) is 7.51. The van der Waals surface area contributed by atoms with E-state index in [-0.39, 0.29) is 12.5 Å². The lowest BCUT2D eigenvalue weighted by Gasteiger charge is -2.27. The maximum Gasteiger partial charge on any atom is 0.341 e. The van der Waals surface area contributed by atoms with E-state index in [2.05, 4.69) is 29.5 Å². The Labute approximate surface area is 177 Å². The van der Waals surface area contributed by atoms with Gasteiger partial charge in [-0.3, -0.25) is 15.3 Å². The molecule has 1 atom stereocenters. The molecule has 0 saturated heterocycles. The van der Waals surface area contributed by atoms with Gasteiger partial charge in [0.25, 0.3) is 0 Å². The number of hydrogen-bond acceptors (Lipinski definition) is 5. The lowest BCUT2D eigenvalue weighted by Crippen LogP contribution is -2.22. The van der Waals surface area contributed by atoms with E-state index >= 15 is 0 Å². The van der Waals surface area contributed by atoms with E-state index < -0.39 is 5.97 Å². The normalized spacial score (nSPS) is 16.0. The highest BCUT2D eigenvalue weighted by Crippen LogP contribution is 2.36. The van der Waals surface area contributed by atoms with Crippen LogP contribution in [0, 0.1) is 0 Å². The van der Waals surface area contributed by atoms with E-state index in [1.807, 2.05) is 30.5 Å². The van der Waals surface area contributed by atoms with Gasteiger partial charge in [-0.15, -0.1) is 0 Å². The van der Waals surface area contributed by atoms with Crippen molar-refractivity contribution in [1.82, 2.24) is 10.5 Å². The molecule has 1 aromatic carbocycles. The number of hydrogen-bond donors (Lipinski definition) is 2. The standard InChI is InChI=1S/C24H30N2O4/c1-2-3-4-12-22(18-9-7-14-25-15-18)26-30-16-19-8-5-11-21-20(19)10-6-13-23(21)29-17-24(27)28/h6-7,9-10,12-15,19,26H,2-5,8,11,16-17H2,1H3,(H,27,28). The van der Waals surface area contributed by atoms with Gasteiger partial charge in [0.05, 0.1) is 12.3 Å². The van der Waals surface area contributed by atoms with Crippen molar-refractivity contribution in [3.63, 3.8) is 0 Å². The van der Waals surface area contributed by atoms with Crippen LogP contribution in [-0.2, 0) is 16.1 Å². The minimum atomic E-state index is -0.967. The summed E-state index contributed by atoms with van der Waals surface area (Å²) in [5, 5.41) is 8.91. The molecule has 1 aliphatic carbocycles. The van der Waals surface area contributed by atoms with E-state index in [0.717, 1.165) is 55.3 Å². The number of nitrogens with zero attached hydrogens (tertiary/aromatic N) is 1. The lowest BCUT2D eigenvalue weighted by atomic mass is 9.83. The van der Waals surface area contributed by atoms with Crippen LogP contribution >= 0.6 is 0 Å². The van der Waals surface area contributed by atoms with E-state index in [0.29, 0.717) is 12.4 Å². The van der Waals surface area contributed by atoms with Crippen molar-refractivity contribution in [1.29, 1.82) is 0 Å². The lowest BCUT2D eigenvalue weighted by molar-refractivity contribution is -0.139. The van der Waals surface area contributed by atoms with Gasteiger partial charge in [0.2, 0.25) is 0 Å². The largest absolute Gasteiger partial charge is 0.482 e. The molecule has 1 heterocycles. The Hall–Kier alpha value is -2.86. The fourth-order valence-electron chi connectivity index (χ4n) is 3.77. The molecule has 0 amide bonds. The van der Waals surface area contributed by atoms with Crippen LogP contribution in [0.5, 0.6) is 5.75 Å². The van der Waals surface area contributed by atoms with Gasteiger partial charge in [-0.05, 0) is 61.4 Å². The molecule has 1 aromatic heterocycles. The average molecular weight is 411 g/mol. The zero-order chi connectivity index (χ0) is 21.2. The Balaban J connectivity index is 1.65. The molecule has 0 aliphatic heterocycles. The monoisotopic (exact) mass is 410 g/mol. The molecule has 0 bridgehead atoms. The molecule has 6 heteroatoms. The Bertz CT molecular complexity index is 852. The van der Waals surface area contributed by atoms with Gasteiger partial charge in [0.15, 0.2) is 6.61 Å². The number of fused-ring (bicyclic) bond motifs is 1. The van der Waals surface area contributed by atoms with Gasteiger partial charge in [-0.25, -0.2) is 4.79 Å². The Kier molecular flexibility index (Phi) is 8.27.